The molecule has 1 heterocycles. The van der Waals surface area contributed by atoms with E-state index >= 15 is 0 Å². The van der Waals surface area contributed by atoms with E-state index in [0.29, 0.717) is 32.3 Å². The fourth-order valence-corrected chi connectivity index (χ4v) is 2.82. The van der Waals surface area contributed by atoms with Gasteiger partial charge in [-0.25, -0.2) is 0 Å². The van der Waals surface area contributed by atoms with Gasteiger partial charge in [0.1, 0.15) is 0 Å². The molecule has 1 unspecified atom stereocenters. The van der Waals surface area contributed by atoms with Crippen LogP contribution in [0.4, 0.5) is 13.2 Å². The van der Waals surface area contributed by atoms with Crippen LogP contribution in [0, 0.1) is 0 Å². The molecule has 2 N–H and O–H groups in total. The molecule has 1 aliphatic rings. The number of alkyl halides is 3. The van der Waals surface area contributed by atoms with Crippen molar-refractivity contribution in [2.75, 3.05) is 46.4 Å². The zero-order chi connectivity index (χ0) is 19.0. The molecule has 1 aromatic rings. The molecule has 0 bridgehead atoms. The fourth-order valence-electron chi connectivity index (χ4n) is 2.82. The monoisotopic (exact) mass is 370 g/mol. The van der Waals surface area contributed by atoms with Crippen LogP contribution in [0.15, 0.2) is 41.9 Å². The van der Waals surface area contributed by atoms with E-state index in [1.807, 2.05) is 0 Å². The van der Waals surface area contributed by atoms with E-state index in [0.717, 1.165) is 30.8 Å². The summed E-state index contributed by atoms with van der Waals surface area (Å²) in [6.07, 6.45) is -2.61. The fraction of sp³-hybridized carbons (Fsp3) is 0.500. The molecule has 26 heavy (non-hydrogen) atoms. The second-order valence-electron chi connectivity index (χ2n) is 5.91. The molecule has 0 spiro atoms. The number of rotatable bonds is 6. The molecular formula is C18H25F3N4O. The third-order valence-corrected chi connectivity index (χ3v) is 4.21. The summed E-state index contributed by atoms with van der Waals surface area (Å²) in [5.74, 6) is 0.620. The molecule has 0 aromatic heterocycles. The molecule has 1 aromatic carbocycles. The van der Waals surface area contributed by atoms with Crippen molar-refractivity contribution in [3.8, 4) is 0 Å². The van der Waals surface area contributed by atoms with Crippen molar-refractivity contribution in [3.63, 3.8) is 0 Å². The number of hydrogen-bond donors (Lipinski definition) is 2. The van der Waals surface area contributed by atoms with Gasteiger partial charge in [-0.2, -0.15) is 13.2 Å². The summed E-state index contributed by atoms with van der Waals surface area (Å²) in [6, 6.07) is 5.28. The molecule has 0 amide bonds. The van der Waals surface area contributed by atoms with E-state index in [4.69, 9.17) is 4.74 Å². The van der Waals surface area contributed by atoms with E-state index < -0.39 is 11.7 Å². The number of morpholine rings is 1. The highest BCUT2D eigenvalue weighted by Crippen LogP contribution is 2.31. The first-order valence-electron chi connectivity index (χ1n) is 8.50. The zero-order valence-corrected chi connectivity index (χ0v) is 14.9. The molecule has 0 aliphatic carbocycles. The Labute approximate surface area is 151 Å². The average Bonchev–Trinajstić information content (AvgIpc) is 2.65. The Kier molecular flexibility index (Phi) is 7.47. The van der Waals surface area contributed by atoms with Crippen LogP contribution < -0.4 is 10.6 Å². The van der Waals surface area contributed by atoms with E-state index in [-0.39, 0.29) is 6.04 Å². The van der Waals surface area contributed by atoms with Crippen molar-refractivity contribution in [2.45, 2.75) is 12.2 Å². The summed E-state index contributed by atoms with van der Waals surface area (Å²) in [5.41, 5.74) is 0.185. The predicted molar refractivity (Wildman–Crippen MR) is 96.1 cm³/mol. The van der Waals surface area contributed by atoms with Crippen molar-refractivity contribution in [1.29, 1.82) is 0 Å². The van der Waals surface area contributed by atoms with Crippen molar-refractivity contribution >= 4 is 5.96 Å². The lowest BCUT2D eigenvalue weighted by atomic mass is 10.0. The third-order valence-electron chi connectivity index (χ3n) is 4.21. The number of ether oxygens (including phenoxy) is 1. The van der Waals surface area contributed by atoms with Gasteiger partial charge in [-0.15, -0.1) is 6.58 Å². The van der Waals surface area contributed by atoms with Crippen LogP contribution >= 0.6 is 0 Å². The van der Waals surface area contributed by atoms with Crippen LogP contribution in [0.25, 0.3) is 0 Å². The number of guanidine groups is 1. The zero-order valence-electron chi connectivity index (χ0n) is 14.9. The highest BCUT2D eigenvalue weighted by atomic mass is 19.4. The highest BCUT2D eigenvalue weighted by Gasteiger charge is 2.31. The number of aliphatic imine (C=N–C) groups is 1. The molecule has 1 fully saturated rings. The van der Waals surface area contributed by atoms with Crippen LogP contribution in [-0.4, -0.2) is 57.3 Å². The summed E-state index contributed by atoms with van der Waals surface area (Å²) < 4.78 is 43.9. The molecule has 0 saturated carbocycles. The molecule has 5 nitrogen and oxygen atoms in total. The van der Waals surface area contributed by atoms with E-state index in [9.17, 15) is 13.2 Å². The van der Waals surface area contributed by atoms with Crippen LogP contribution in [0.3, 0.4) is 0 Å². The molecule has 0 radical (unpaired) electrons. The number of nitrogens with one attached hydrogen (secondary N) is 2. The van der Waals surface area contributed by atoms with Crippen molar-refractivity contribution in [2.24, 2.45) is 4.99 Å². The van der Waals surface area contributed by atoms with E-state index in [2.05, 4.69) is 27.1 Å². The Bertz CT molecular complexity index is 595. The lowest BCUT2D eigenvalue weighted by molar-refractivity contribution is -0.137. The Hall–Kier alpha value is -2.06. The molecule has 144 valence electrons. The van der Waals surface area contributed by atoms with Gasteiger partial charge in [0.15, 0.2) is 5.96 Å². The van der Waals surface area contributed by atoms with Gasteiger partial charge in [0.2, 0.25) is 0 Å². The van der Waals surface area contributed by atoms with Crippen molar-refractivity contribution in [1.82, 2.24) is 15.5 Å². The maximum Gasteiger partial charge on any atom is 0.416 e. The second-order valence-corrected chi connectivity index (χ2v) is 5.91. The smallest absolute Gasteiger partial charge is 0.379 e. The molecular weight excluding hydrogens is 345 g/mol. The quantitative estimate of drug-likeness (QED) is 0.459. The molecule has 1 atom stereocenters. The largest absolute Gasteiger partial charge is 0.416 e. The summed E-state index contributed by atoms with van der Waals surface area (Å²) in [4.78, 5) is 6.35. The van der Waals surface area contributed by atoms with Gasteiger partial charge in [0.25, 0.3) is 0 Å². The number of benzene rings is 1. The Morgan fingerprint density at radius 1 is 1.27 bits per heavy atom. The Balaban J connectivity index is 2.14. The van der Waals surface area contributed by atoms with Gasteiger partial charge in [-0.3, -0.25) is 9.89 Å². The van der Waals surface area contributed by atoms with E-state index in [1.165, 1.54) is 0 Å². The maximum atomic E-state index is 12.8. The van der Waals surface area contributed by atoms with Gasteiger partial charge < -0.3 is 15.4 Å². The summed E-state index contributed by atoms with van der Waals surface area (Å²) >= 11 is 0. The summed E-state index contributed by atoms with van der Waals surface area (Å²) in [5, 5.41) is 6.32. The van der Waals surface area contributed by atoms with Crippen molar-refractivity contribution < 1.29 is 17.9 Å². The van der Waals surface area contributed by atoms with Gasteiger partial charge in [0, 0.05) is 33.2 Å². The first-order chi connectivity index (χ1) is 12.5. The summed E-state index contributed by atoms with van der Waals surface area (Å²) in [7, 11) is 1.67. The number of nitrogens with zero attached hydrogens (tertiary/aromatic N) is 2. The van der Waals surface area contributed by atoms with Crippen LogP contribution in [0.5, 0.6) is 0 Å². The van der Waals surface area contributed by atoms with Gasteiger partial charge >= 0.3 is 6.18 Å². The van der Waals surface area contributed by atoms with Crippen molar-refractivity contribution in [3.05, 3.63) is 48.0 Å². The third kappa shape index (κ3) is 5.74. The first-order valence-corrected chi connectivity index (χ1v) is 8.50. The second kappa shape index (κ2) is 9.59. The minimum atomic E-state index is -4.33. The lowest BCUT2D eigenvalue weighted by Gasteiger charge is -2.35. The highest BCUT2D eigenvalue weighted by molar-refractivity contribution is 5.79. The first kappa shape index (κ1) is 20.3. The van der Waals surface area contributed by atoms with Gasteiger partial charge in [-0.1, -0.05) is 18.2 Å². The Morgan fingerprint density at radius 2 is 1.92 bits per heavy atom. The topological polar surface area (TPSA) is 48.9 Å². The van der Waals surface area contributed by atoms with Gasteiger partial charge in [0.05, 0.1) is 24.8 Å². The van der Waals surface area contributed by atoms with E-state index in [1.54, 1.807) is 25.3 Å². The van der Waals surface area contributed by atoms with Crippen LogP contribution in [-0.2, 0) is 10.9 Å². The molecule has 8 heteroatoms. The van der Waals surface area contributed by atoms with Gasteiger partial charge in [-0.05, 0) is 17.7 Å². The van der Waals surface area contributed by atoms with Crippen LogP contribution in [0.1, 0.15) is 17.2 Å². The minimum absolute atomic E-state index is 0.0801. The normalized spacial score (nSPS) is 17.6. The molecule has 1 aliphatic heterocycles. The standard InChI is InChI=1S/C18H25F3N4O/c1-3-8-23-17(22-2)24-13-16(25-9-11-26-12-10-25)14-4-6-15(7-5-14)18(19,20)21/h3-7,16H,1,8-13H2,2H3,(H2,22,23,24). The average molecular weight is 370 g/mol. The maximum absolute atomic E-state index is 12.8. The number of hydrogen-bond acceptors (Lipinski definition) is 3. The molecule has 1 saturated heterocycles. The van der Waals surface area contributed by atoms with Crippen LogP contribution in [0.2, 0.25) is 0 Å². The molecule has 2 rings (SSSR count). The summed E-state index contributed by atoms with van der Waals surface area (Å²) in [6.45, 7) is 7.42. The minimum Gasteiger partial charge on any atom is -0.379 e. The SMILES string of the molecule is C=CCNC(=NC)NCC(c1ccc(C(F)(F)F)cc1)N1CCOCC1. The lowest BCUT2D eigenvalue weighted by Crippen LogP contribution is -2.46. The Morgan fingerprint density at radius 3 is 2.46 bits per heavy atom. The number of halogens is 3. The predicted octanol–water partition coefficient (Wildman–Crippen LogP) is 2.43.